The van der Waals surface area contributed by atoms with Crippen LogP contribution in [-0.4, -0.2) is 30.2 Å². The molecule has 0 spiro atoms. The van der Waals surface area contributed by atoms with Crippen LogP contribution in [0.25, 0.3) is 6.08 Å². The van der Waals surface area contributed by atoms with Gasteiger partial charge < -0.3 is 14.2 Å². The predicted molar refractivity (Wildman–Crippen MR) is 89.4 cm³/mol. The number of non-ortho nitro benzene ring substituents is 1. The molecule has 0 bridgehead atoms. The Morgan fingerprint density at radius 2 is 1.92 bits per heavy atom. The molecule has 0 aliphatic carbocycles. The van der Waals surface area contributed by atoms with Gasteiger partial charge in [0.2, 0.25) is 0 Å². The van der Waals surface area contributed by atoms with E-state index in [4.69, 9.17) is 14.2 Å². The Morgan fingerprint density at radius 3 is 2.64 bits per heavy atom. The first kappa shape index (κ1) is 16.5. The van der Waals surface area contributed by atoms with Gasteiger partial charge in [-0.2, -0.15) is 0 Å². The number of nitrogens with zero attached hydrogens (tertiary/aromatic N) is 1. The van der Waals surface area contributed by atoms with Crippen molar-refractivity contribution in [1.82, 2.24) is 0 Å². The van der Waals surface area contributed by atoms with Crippen LogP contribution in [0.1, 0.15) is 5.56 Å². The van der Waals surface area contributed by atoms with Crippen molar-refractivity contribution in [2.45, 2.75) is 6.10 Å². The zero-order valence-corrected chi connectivity index (χ0v) is 13.2. The van der Waals surface area contributed by atoms with Crippen LogP contribution in [0.4, 0.5) is 5.69 Å². The minimum absolute atomic E-state index is 0.00513. The molecule has 0 amide bonds. The van der Waals surface area contributed by atoms with Gasteiger partial charge in [0, 0.05) is 18.2 Å². The van der Waals surface area contributed by atoms with Crippen molar-refractivity contribution < 1.29 is 23.9 Å². The predicted octanol–water partition coefficient (Wildman–Crippen LogP) is 2.99. The third kappa shape index (κ3) is 4.35. The summed E-state index contributed by atoms with van der Waals surface area (Å²) >= 11 is 0. The van der Waals surface area contributed by atoms with E-state index in [1.54, 1.807) is 18.2 Å². The van der Waals surface area contributed by atoms with E-state index < -0.39 is 10.9 Å². The summed E-state index contributed by atoms with van der Waals surface area (Å²) in [7, 11) is 0. The molecule has 1 heterocycles. The third-order valence-corrected chi connectivity index (χ3v) is 3.49. The number of hydrogen-bond acceptors (Lipinski definition) is 6. The normalized spacial score (nSPS) is 15.8. The van der Waals surface area contributed by atoms with Crippen molar-refractivity contribution in [1.29, 1.82) is 0 Å². The quantitative estimate of drug-likeness (QED) is 0.359. The number of carbonyl (C=O) groups excluding carboxylic acids is 1. The Kier molecular flexibility index (Phi) is 4.94. The van der Waals surface area contributed by atoms with Gasteiger partial charge in [0.25, 0.3) is 5.69 Å². The highest BCUT2D eigenvalue weighted by atomic mass is 16.6. The maximum Gasteiger partial charge on any atom is 0.330 e. The Morgan fingerprint density at radius 1 is 1.20 bits per heavy atom. The molecule has 0 saturated carbocycles. The van der Waals surface area contributed by atoms with Crippen molar-refractivity contribution >= 4 is 17.7 Å². The highest BCUT2D eigenvalue weighted by molar-refractivity contribution is 5.87. The Labute approximate surface area is 143 Å². The van der Waals surface area contributed by atoms with Gasteiger partial charge >= 0.3 is 5.97 Å². The molecule has 0 fully saturated rings. The summed E-state index contributed by atoms with van der Waals surface area (Å²) in [5, 5.41) is 10.6. The SMILES string of the molecule is O=C(/C=C/c1ccc([N+](=O)[O-])cc1)OC[C@@H]1COc2ccccc2O1. The number of fused-ring (bicyclic) bond motifs is 1. The van der Waals surface area contributed by atoms with E-state index in [0.717, 1.165) is 0 Å². The summed E-state index contributed by atoms with van der Waals surface area (Å²) in [6.45, 7) is 0.369. The zero-order valence-electron chi connectivity index (χ0n) is 13.2. The number of nitro benzene ring substituents is 1. The van der Waals surface area contributed by atoms with E-state index in [2.05, 4.69) is 0 Å². The van der Waals surface area contributed by atoms with E-state index in [1.165, 1.54) is 24.3 Å². The van der Waals surface area contributed by atoms with Crippen LogP contribution in [0, 0.1) is 10.1 Å². The van der Waals surface area contributed by atoms with Crippen molar-refractivity contribution in [2.75, 3.05) is 13.2 Å². The zero-order chi connectivity index (χ0) is 17.6. The van der Waals surface area contributed by atoms with Crippen LogP contribution in [0.2, 0.25) is 0 Å². The molecule has 1 aliphatic heterocycles. The van der Waals surface area contributed by atoms with Gasteiger partial charge in [-0.1, -0.05) is 12.1 Å². The van der Waals surface area contributed by atoms with Gasteiger partial charge in [0.05, 0.1) is 4.92 Å². The maximum absolute atomic E-state index is 11.8. The smallest absolute Gasteiger partial charge is 0.330 e. The highest BCUT2D eigenvalue weighted by Gasteiger charge is 2.21. The lowest BCUT2D eigenvalue weighted by Gasteiger charge is -2.25. The first-order chi connectivity index (χ1) is 12.1. The van der Waals surface area contributed by atoms with Gasteiger partial charge in [0.1, 0.15) is 13.2 Å². The molecule has 0 saturated heterocycles. The van der Waals surface area contributed by atoms with Crippen molar-refractivity contribution in [3.8, 4) is 11.5 Å². The Hall–Kier alpha value is -3.35. The average Bonchev–Trinajstić information content (AvgIpc) is 2.65. The molecule has 128 valence electrons. The molecule has 0 N–H and O–H groups in total. The summed E-state index contributed by atoms with van der Waals surface area (Å²) in [4.78, 5) is 21.9. The van der Waals surface area contributed by atoms with Crippen molar-refractivity contribution in [2.24, 2.45) is 0 Å². The summed E-state index contributed by atoms with van der Waals surface area (Å²) in [5.41, 5.74) is 0.656. The van der Waals surface area contributed by atoms with Crippen LogP contribution in [0.15, 0.2) is 54.6 Å². The molecule has 0 unspecified atom stereocenters. The summed E-state index contributed by atoms with van der Waals surface area (Å²) in [5.74, 6) is 0.764. The monoisotopic (exact) mass is 341 g/mol. The number of hydrogen-bond donors (Lipinski definition) is 0. The standard InChI is InChI=1S/C18H15NO6/c20-18(10-7-13-5-8-14(9-6-13)19(21)22)24-12-15-11-23-16-3-1-2-4-17(16)25-15/h1-10,15H,11-12H2/b10-7+/t15-/m0/s1. The van der Waals surface area contributed by atoms with E-state index in [-0.39, 0.29) is 18.4 Å². The summed E-state index contributed by atoms with van der Waals surface area (Å²) in [6.07, 6.45) is 2.42. The first-order valence-corrected chi connectivity index (χ1v) is 7.59. The second-order valence-electron chi connectivity index (χ2n) is 5.31. The van der Waals surface area contributed by atoms with E-state index in [1.807, 2.05) is 18.2 Å². The minimum atomic E-state index is -0.527. The van der Waals surface area contributed by atoms with Gasteiger partial charge in [-0.15, -0.1) is 0 Å². The van der Waals surface area contributed by atoms with Crippen molar-refractivity contribution in [3.63, 3.8) is 0 Å². The molecule has 7 heteroatoms. The molecule has 1 aliphatic rings. The summed E-state index contributed by atoms with van der Waals surface area (Å²) in [6, 6.07) is 13.1. The van der Waals surface area contributed by atoms with Crippen LogP contribution in [-0.2, 0) is 9.53 Å². The first-order valence-electron chi connectivity index (χ1n) is 7.59. The van der Waals surface area contributed by atoms with Crippen LogP contribution in [0.3, 0.4) is 0 Å². The largest absolute Gasteiger partial charge is 0.486 e. The van der Waals surface area contributed by atoms with Crippen molar-refractivity contribution in [3.05, 3.63) is 70.3 Å². The Bertz CT molecular complexity index is 799. The fourth-order valence-corrected chi connectivity index (χ4v) is 2.24. The lowest BCUT2D eigenvalue weighted by Crippen LogP contribution is -2.34. The number of benzene rings is 2. The van der Waals surface area contributed by atoms with E-state index in [0.29, 0.717) is 23.7 Å². The molecular formula is C18H15NO6. The number of para-hydroxylation sites is 2. The fourth-order valence-electron chi connectivity index (χ4n) is 2.24. The van der Waals surface area contributed by atoms with E-state index in [9.17, 15) is 14.9 Å². The number of rotatable bonds is 5. The minimum Gasteiger partial charge on any atom is -0.486 e. The van der Waals surface area contributed by atoms with E-state index >= 15 is 0 Å². The highest BCUT2D eigenvalue weighted by Crippen LogP contribution is 2.30. The summed E-state index contributed by atoms with van der Waals surface area (Å²) < 4.78 is 16.4. The van der Waals surface area contributed by atoms with Crippen LogP contribution >= 0.6 is 0 Å². The number of carbonyl (C=O) groups is 1. The molecule has 2 aromatic rings. The number of nitro groups is 1. The third-order valence-electron chi connectivity index (χ3n) is 3.49. The average molecular weight is 341 g/mol. The molecular weight excluding hydrogens is 326 g/mol. The molecule has 2 aromatic carbocycles. The lowest BCUT2D eigenvalue weighted by atomic mass is 10.2. The van der Waals surface area contributed by atoms with Gasteiger partial charge in [-0.3, -0.25) is 10.1 Å². The molecule has 25 heavy (non-hydrogen) atoms. The molecule has 0 aromatic heterocycles. The Balaban J connectivity index is 1.49. The maximum atomic E-state index is 11.8. The second kappa shape index (κ2) is 7.48. The van der Waals surface area contributed by atoms with Gasteiger partial charge in [-0.25, -0.2) is 4.79 Å². The number of ether oxygens (including phenoxy) is 3. The topological polar surface area (TPSA) is 87.9 Å². The molecule has 1 atom stereocenters. The van der Waals surface area contributed by atoms with Gasteiger partial charge in [0.15, 0.2) is 17.6 Å². The van der Waals surface area contributed by atoms with Crippen LogP contribution in [0.5, 0.6) is 11.5 Å². The number of esters is 1. The molecule has 7 nitrogen and oxygen atoms in total. The van der Waals surface area contributed by atoms with Gasteiger partial charge in [-0.05, 0) is 35.9 Å². The fraction of sp³-hybridized carbons (Fsp3) is 0.167. The second-order valence-corrected chi connectivity index (χ2v) is 5.31. The van der Waals surface area contributed by atoms with Crippen LogP contribution < -0.4 is 9.47 Å². The molecule has 0 radical (unpaired) electrons. The molecule has 3 rings (SSSR count). The lowest BCUT2D eigenvalue weighted by molar-refractivity contribution is -0.384.